The molecule has 1 atom stereocenters. The highest BCUT2D eigenvalue weighted by atomic mass is 15.0. The Balaban J connectivity index is 1.67. The molecule has 0 amide bonds. The molecule has 2 N–H and O–H groups in total. The molecule has 2 rings (SSSR count). The lowest BCUT2D eigenvalue weighted by molar-refractivity contribution is 0.274. The van der Waals surface area contributed by atoms with E-state index in [0.29, 0.717) is 0 Å². The first-order valence-electron chi connectivity index (χ1n) is 4.92. The molecule has 1 saturated heterocycles. The summed E-state index contributed by atoms with van der Waals surface area (Å²) < 4.78 is 0. The van der Waals surface area contributed by atoms with E-state index in [2.05, 4.69) is 10.6 Å². The van der Waals surface area contributed by atoms with Gasteiger partial charge in [-0.25, -0.2) is 0 Å². The molecule has 1 aliphatic heterocycles. The summed E-state index contributed by atoms with van der Waals surface area (Å²) in [5.41, 5.74) is 0. The highest BCUT2D eigenvalue weighted by Crippen LogP contribution is 2.19. The van der Waals surface area contributed by atoms with Gasteiger partial charge in [-0.1, -0.05) is 6.42 Å². The van der Waals surface area contributed by atoms with E-state index in [1.807, 2.05) is 0 Å². The van der Waals surface area contributed by atoms with Crippen LogP contribution in [0.1, 0.15) is 32.1 Å². The Bertz CT molecular complexity index is 115. The van der Waals surface area contributed by atoms with Crippen LogP contribution in [0.3, 0.4) is 0 Å². The van der Waals surface area contributed by atoms with Gasteiger partial charge in [0.15, 0.2) is 0 Å². The number of rotatable bonds is 2. The van der Waals surface area contributed by atoms with Crippen molar-refractivity contribution >= 4 is 0 Å². The molecule has 0 spiro atoms. The average molecular weight is 154 g/mol. The van der Waals surface area contributed by atoms with Crippen molar-refractivity contribution in [3.63, 3.8) is 0 Å². The number of hydrogen-bond acceptors (Lipinski definition) is 2. The van der Waals surface area contributed by atoms with Crippen LogP contribution in [-0.4, -0.2) is 25.2 Å². The predicted octanol–water partition coefficient (Wildman–Crippen LogP) is 0.880. The van der Waals surface area contributed by atoms with Crippen LogP contribution in [0.4, 0.5) is 0 Å². The van der Waals surface area contributed by atoms with E-state index in [0.717, 1.165) is 12.1 Å². The standard InChI is InChI=1S/C9H18N2/c1-3-8(4-1)11-9-5-2-6-10-7-9/h8-11H,1-7H2. The Morgan fingerprint density at radius 3 is 2.36 bits per heavy atom. The van der Waals surface area contributed by atoms with E-state index in [-0.39, 0.29) is 0 Å². The molecule has 0 bridgehead atoms. The highest BCUT2D eigenvalue weighted by molar-refractivity contribution is 4.83. The van der Waals surface area contributed by atoms with Gasteiger partial charge in [0.05, 0.1) is 0 Å². The minimum absolute atomic E-state index is 0.772. The molecule has 11 heavy (non-hydrogen) atoms. The number of hydrogen-bond donors (Lipinski definition) is 2. The Morgan fingerprint density at radius 2 is 1.82 bits per heavy atom. The fourth-order valence-corrected chi connectivity index (χ4v) is 1.90. The Kier molecular flexibility index (Phi) is 2.44. The minimum Gasteiger partial charge on any atom is -0.315 e. The summed E-state index contributed by atoms with van der Waals surface area (Å²) >= 11 is 0. The highest BCUT2D eigenvalue weighted by Gasteiger charge is 2.21. The molecule has 0 aromatic heterocycles. The van der Waals surface area contributed by atoms with Crippen molar-refractivity contribution in [2.45, 2.75) is 44.2 Å². The largest absolute Gasteiger partial charge is 0.315 e. The molecule has 2 fully saturated rings. The van der Waals surface area contributed by atoms with Crippen molar-refractivity contribution in [3.8, 4) is 0 Å². The molecule has 1 aliphatic carbocycles. The first kappa shape index (κ1) is 7.56. The van der Waals surface area contributed by atoms with E-state index in [9.17, 15) is 0 Å². The Labute approximate surface area is 68.7 Å². The van der Waals surface area contributed by atoms with Crippen molar-refractivity contribution in [3.05, 3.63) is 0 Å². The van der Waals surface area contributed by atoms with Gasteiger partial charge in [-0.05, 0) is 32.2 Å². The zero-order valence-corrected chi connectivity index (χ0v) is 7.10. The Hall–Kier alpha value is -0.0800. The SMILES string of the molecule is C1CC(NC2CCCNC2)C1. The lowest BCUT2D eigenvalue weighted by Gasteiger charge is -2.33. The van der Waals surface area contributed by atoms with Crippen molar-refractivity contribution in [2.75, 3.05) is 13.1 Å². The smallest absolute Gasteiger partial charge is 0.0195 e. The van der Waals surface area contributed by atoms with E-state index in [4.69, 9.17) is 0 Å². The third kappa shape index (κ3) is 1.94. The van der Waals surface area contributed by atoms with Crippen LogP contribution in [0.15, 0.2) is 0 Å². The van der Waals surface area contributed by atoms with Crippen LogP contribution in [-0.2, 0) is 0 Å². The zero-order chi connectivity index (χ0) is 7.52. The second kappa shape index (κ2) is 3.55. The summed E-state index contributed by atoms with van der Waals surface area (Å²) in [5, 5.41) is 7.12. The topological polar surface area (TPSA) is 24.1 Å². The van der Waals surface area contributed by atoms with E-state index in [1.165, 1.54) is 45.2 Å². The van der Waals surface area contributed by atoms with Gasteiger partial charge in [0, 0.05) is 18.6 Å². The molecule has 2 nitrogen and oxygen atoms in total. The quantitative estimate of drug-likeness (QED) is 0.617. The fourth-order valence-electron chi connectivity index (χ4n) is 1.90. The van der Waals surface area contributed by atoms with E-state index >= 15 is 0 Å². The van der Waals surface area contributed by atoms with Gasteiger partial charge in [-0.2, -0.15) is 0 Å². The molecule has 0 aromatic carbocycles. The van der Waals surface area contributed by atoms with Gasteiger partial charge >= 0.3 is 0 Å². The monoisotopic (exact) mass is 154 g/mol. The van der Waals surface area contributed by atoms with Crippen LogP contribution in [0.25, 0.3) is 0 Å². The molecular formula is C9H18N2. The van der Waals surface area contributed by atoms with Gasteiger partial charge < -0.3 is 10.6 Å². The van der Waals surface area contributed by atoms with Gasteiger partial charge in [0.1, 0.15) is 0 Å². The summed E-state index contributed by atoms with van der Waals surface area (Å²) in [7, 11) is 0. The van der Waals surface area contributed by atoms with Crippen LogP contribution >= 0.6 is 0 Å². The predicted molar refractivity (Wildman–Crippen MR) is 46.7 cm³/mol. The number of nitrogens with one attached hydrogen (secondary N) is 2. The first-order chi connectivity index (χ1) is 5.45. The van der Waals surface area contributed by atoms with Crippen LogP contribution in [0.2, 0.25) is 0 Å². The summed E-state index contributed by atoms with van der Waals surface area (Å²) in [6.45, 7) is 2.42. The third-order valence-corrected chi connectivity index (χ3v) is 2.87. The number of piperidine rings is 1. The lowest BCUT2D eigenvalue weighted by atomic mass is 9.91. The van der Waals surface area contributed by atoms with Crippen LogP contribution in [0, 0.1) is 0 Å². The van der Waals surface area contributed by atoms with Gasteiger partial charge in [0.25, 0.3) is 0 Å². The molecule has 0 aromatic rings. The molecule has 1 saturated carbocycles. The summed E-state index contributed by atoms with van der Waals surface area (Å²) in [5.74, 6) is 0. The maximum absolute atomic E-state index is 3.69. The molecule has 2 aliphatic rings. The Morgan fingerprint density at radius 1 is 1.00 bits per heavy atom. The summed E-state index contributed by atoms with van der Waals surface area (Å²) in [6.07, 6.45) is 7.00. The second-order valence-electron chi connectivity index (χ2n) is 3.84. The van der Waals surface area contributed by atoms with E-state index < -0.39 is 0 Å². The molecule has 0 radical (unpaired) electrons. The van der Waals surface area contributed by atoms with Crippen molar-refractivity contribution < 1.29 is 0 Å². The van der Waals surface area contributed by atoms with E-state index in [1.54, 1.807) is 0 Å². The maximum Gasteiger partial charge on any atom is 0.0195 e. The van der Waals surface area contributed by atoms with Crippen molar-refractivity contribution in [2.24, 2.45) is 0 Å². The molecule has 1 heterocycles. The van der Waals surface area contributed by atoms with Gasteiger partial charge in [0.2, 0.25) is 0 Å². The molecule has 1 unspecified atom stereocenters. The minimum atomic E-state index is 0.772. The first-order valence-corrected chi connectivity index (χ1v) is 4.92. The van der Waals surface area contributed by atoms with Gasteiger partial charge in [-0.15, -0.1) is 0 Å². The molecular weight excluding hydrogens is 136 g/mol. The second-order valence-corrected chi connectivity index (χ2v) is 3.84. The average Bonchev–Trinajstić information content (AvgIpc) is 1.99. The summed E-state index contributed by atoms with van der Waals surface area (Å²) in [4.78, 5) is 0. The molecule has 2 heteroatoms. The van der Waals surface area contributed by atoms with Crippen molar-refractivity contribution in [1.82, 2.24) is 10.6 Å². The van der Waals surface area contributed by atoms with Crippen LogP contribution in [0.5, 0.6) is 0 Å². The third-order valence-electron chi connectivity index (χ3n) is 2.87. The lowest BCUT2D eigenvalue weighted by Crippen LogP contribution is -2.49. The zero-order valence-electron chi connectivity index (χ0n) is 7.10. The summed E-state index contributed by atoms with van der Waals surface area (Å²) in [6, 6.07) is 1.63. The maximum atomic E-state index is 3.69. The fraction of sp³-hybridized carbons (Fsp3) is 1.00. The van der Waals surface area contributed by atoms with Crippen molar-refractivity contribution in [1.29, 1.82) is 0 Å². The normalized spacial score (nSPS) is 33.3. The van der Waals surface area contributed by atoms with Crippen LogP contribution < -0.4 is 10.6 Å². The van der Waals surface area contributed by atoms with Gasteiger partial charge in [-0.3, -0.25) is 0 Å². The molecule has 64 valence electrons.